The zero-order valence-electron chi connectivity index (χ0n) is 16.3. The first kappa shape index (κ1) is 20.5. The van der Waals surface area contributed by atoms with Gasteiger partial charge in [-0.3, -0.25) is 0 Å². The van der Waals surface area contributed by atoms with Crippen molar-refractivity contribution in [3.63, 3.8) is 0 Å². The van der Waals surface area contributed by atoms with Crippen molar-refractivity contribution >= 4 is 5.97 Å². The number of likely N-dealkylation sites (N-methyl/N-ethyl adjacent to an activating group) is 1. The molecule has 0 saturated heterocycles. The van der Waals surface area contributed by atoms with E-state index in [1.807, 2.05) is 80.5 Å². The highest BCUT2D eigenvalue weighted by Gasteiger charge is 2.24. The van der Waals surface area contributed by atoms with Gasteiger partial charge in [-0.25, -0.2) is 4.79 Å². The molecular weight excluding hydrogens is 342 g/mol. The second kappa shape index (κ2) is 10.4. The van der Waals surface area contributed by atoms with E-state index in [9.17, 15) is 4.79 Å². The van der Waals surface area contributed by atoms with Gasteiger partial charge in [0.1, 0.15) is 18.5 Å². The van der Waals surface area contributed by atoms with E-state index in [0.717, 1.165) is 16.9 Å². The summed E-state index contributed by atoms with van der Waals surface area (Å²) in [5.74, 6) is 0.354. The Morgan fingerprint density at radius 2 is 1.74 bits per heavy atom. The minimum absolute atomic E-state index is 0.0324. The van der Waals surface area contributed by atoms with Gasteiger partial charge >= 0.3 is 5.97 Å². The molecule has 144 valence electrons. The van der Waals surface area contributed by atoms with Crippen LogP contribution in [0.4, 0.5) is 0 Å². The molecule has 27 heavy (non-hydrogen) atoms. The summed E-state index contributed by atoms with van der Waals surface area (Å²) < 4.78 is 16.2. The van der Waals surface area contributed by atoms with Crippen molar-refractivity contribution in [2.45, 2.75) is 25.7 Å². The van der Waals surface area contributed by atoms with E-state index in [2.05, 4.69) is 0 Å². The zero-order chi connectivity index (χ0) is 19.6. The predicted octanol–water partition coefficient (Wildman–Crippen LogP) is 3.96. The lowest BCUT2D eigenvalue weighted by Gasteiger charge is -2.29. The summed E-state index contributed by atoms with van der Waals surface area (Å²) in [7, 11) is 5.55. The Bertz CT molecular complexity index is 726. The fraction of sp³-hybridized carbons (Fsp3) is 0.318. The van der Waals surface area contributed by atoms with Crippen LogP contribution in [0.2, 0.25) is 0 Å². The van der Waals surface area contributed by atoms with E-state index in [1.54, 1.807) is 7.11 Å². The number of hydrogen-bond acceptors (Lipinski definition) is 5. The van der Waals surface area contributed by atoms with Crippen LogP contribution in [0.25, 0.3) is 0 Å². The highest BCUT2D eigenvalue weighted by molar-refractivity contribution is 5.81. The van der Waals surface area contributed by atoms with Crippen molar-refractivity contribution in [1.82, 2.24) is 4.90 Å². The molecule has 5 heteroatoms. The van der Waals surface area contributed by atoms with Gasteiger partial charge in [0.25, 0.3) is 0 Å². The number of nitrogens with zero attached hydrogens (tertiary/aromatic N) is 1. The molecule has 2 aromatic carbocycles. The zero-order valence-corrected chi connectivity index (χ0v) is 16.3. The molecule has 0 amide bonds. The number of benzene rings is 2. The first-order valence-electron chi connectivity index (χ1n) is 8.84. The molecule has 2 aromatic rings. The van der Waals surface area contributed by atoms with E-state index < -0.39 is 5.97 Å². The molecular formula is C22H27NO4. The Kier molecular flexibility index (Phi) is 7.89. The molecule has 0 aliphatic rings. The van der Waals surface area contributed by atoms with Gasteiger partial charge in [0.05, 0.1) is 19.4 Å². The Hall–Kier alpha value is -2.79. The summed E-state index contributed by atoms with van der Waals surface area (Å²) >= 11 is 0. The smallest absolute Gasteiger partial charge is 0.334 e. The van der Waals surface area contributed by atoms with E-state index in [0.29, 0.717) is 6.61 Å². The van der Waals surface area contributed by atoms with Crippen LogP contribution in [-0.2, 0) is 20.9 Å². The number of rotatable bonds is 9. The molecule has 0 bridgehead atoms. The number of methoxy groups -OCH3 is 1. The molecule has 0 heterocycles. The second-order valence-corrected chi connectivity index (χ2v) is 6.43. The van der Waals surface area contributed by atoms with Gasteiger partial charge in [-0.1, -0.05) is 42.5 Å². The number of esters is 1. The number of carbonyl (C=O) groups excluding carboxylic acids is 1. The molecule has 0 spiro atoms. The SMILES string of the molecule is COc1ccc(CO/C=C/C(=O)O[C@H](c2ccccc2)[C@H](C)N(C)C)cc1. The standard InChI is InChI=1S/C22H27NO4/c1-17(23(2)3)22(19-8-6-5-7-9-19)27-21(24)14-15-26-16-18-10-12-20(25-4)13-11-18/h5-15,17,22H,16H2,1-4H3/b15-14+/t17-,22-/m0/s1. The topological polar surface area (TPSA) is 48.0 Å². The first-order valence-corrected chi connectivity index (χ1v) is 8.84. The van der Waals surface area contributed by atoms with Crippen molar-refractivity contribution < 1.29 is 19.0 Å². The van der Waals surface area contributed by atoms with E-state index >= 15 is 0 Å². The Morgan fingerprint density at radius 3 is 2.33 bits per heavy atom. The van der Waals surface area contributed by atoms with Gasteiger partial charge in [0.15, 0.2) is 0 Å². The molecule has 0 N–H and O–H groups in total. The van der Waals surface area contributed by atoms with Crippen LogP contribution in [0, 0.1) is 0 Å². The number of hydrogen-bond donors (Lipinski definition) is 0. The summed E-state index contributed by atoms with van der Waals surface area (Å²) in [5.41, 5.74) is 1.94. The van der Waals surface area contributed by atoms with Gasteiger partial charge in [-0.05, 0) is 44.3 Å². The molecule has 0 saturated carbocycles. The molecule has 0 aromatic heterocycles. The summed E-state index contributed by atoms with van der Waals surface area (Å²) in [6.45, 7) is 2.39. The molecule has 0 radical (unpaired) electrons. The van der Waals surface area contributed by atoms with Crippen molar-refractivity contribution in [3.05, 3.63) is 78.1 Å². The van der Waals surface area contributed by atoms with Gasteiger partial charge in [-0.15, -0.1) is 0 Å². The third kappa shape index (κ3) is 6.46. The molecule has 2 rings (SSSR count). The number of carbonyl (C=O) groups is 1. The Labute approximate surface area is 161 Å². The fourth-order valence-electron chi connectivity index (χ4n) is 2.49. The van der Waals surface area contributed by atoms with Crippen LogP contribution in [0.5, 0.6) is 5.75 Å². The molecule has 0 unspecified atom stereocenters. The first-order chi connectivity index (χ1) is 13.0. The van der Waals surface area contributed by atoms with Crippen LogP contribution in [0.1, 0.15) is 24.2 Å². The van der Waals surface area contributed by atoms with E-state index in [4.69, 9.17) is 14.2 Å². The molecule has 0 aliphatic carbocycles. The van der Waals surface area contributed by atoms with E-state index in [-0.39, 0.29) is 12.1 Å². The van der Waals surface area contributed by atoms with Crippen LogP contribution < -0.4 is 4.74 Å². The lowest BCUT2D eigenvalue weighted by atomic mass is 10.0. The van der Waals surface area contributed by atoms with Gasteiger partial charge < -0.3 is 19.1 Å². The third-order valence-electron chi connectivity index (χ3n) is 4.33. The second-order valence-electron chi connectivity index (χ2n) is 6.43. The quantitative estimate of drug-likeness (QED) is 0.380. The monoisotopic (exact) mass is 369 g/mol. The van der Waals surface area contributed by atoms with Crippen LogP contribution in [0.15, 0.2) is 66.9 Å². The summed E-state index contributed by atoms with van der Waals surface area (Å²) in [6.07, 6.45) is 2.32. The van der Waals surface area contributed by atoms with Crippen LogP contribution in [0.3, 0.4) is 0 Å². The van der Waals surface area contributed by atoms with Crippen molar-refractivity contribution in [2.75, 3.05) is 21.2 Å². The maximum atomic E-state index is 12.2. The maximum absolute atomic E-state index is 12.2. The van der Waals surface area contributed by atoms with Gasteiger partial charge in [0.2, 0.25) is 0 Å². The van der Waals surface area contributed by atoms with Crippen molar-refractivity contribution in [3.8, 4) is 5.75 Å². The Balaban J connectivity index is 1.91. The van der Waals surface area contributed by atoms with Gasteiger partial charge in [-0.2, -0.15) is 0 Å². The highest BCUT2D eigenvalue weighted by atomic mass is 16.5. The maximum Gasteiger partial charge on any atom is 0.334 e. The average molecular weight is 369 g/mol. The average Bonchev–Trinajstić information content (AvgIpc) is 2.70. The third-order valence-corrected chi connectivity index (χ3v) is 4.33. The van der Waals surface area contributed by atoms with Gasteiger partial charge in [0, 0.05) is 6.04 Å². The lowest BCUT2D eigenvalue weighted by molar-refractivity contribution is -0.146. The van der Waals surface area contributed by atoms with Crippen molar-refractivity contribution in [1.29, 1.82) is 0 Å². The summed E-state index contributed by atoms with van der Waals surface area (Å²) in [6, 6.07) is 17.3. The van der Waals surface area contributed by atoms with Crippen LogP contribution >= 0.6 is 0 Å². The lowest BCUT2D eigenvalue weighted by Crippen LogP contribution is -2.33. The molecule has 2 atom stereocenters. The largest absolute Gasteiger partial charge is 0.497 e. The summed E-state index contributed by atoms with van der Waals surface area (Å²) in [4.78, 5) is 14.2. The van der Waals surface area contributed by atoms with E-state index in [1.165, 1.54) is 12.3 Å². The minimum Gasteiger partial charge on any atom is -0.497 e. The molecule has 0 fully saturated rings. The Morgan fingerprint density at radius 1 is 1.07 bits per heavy atom. The molecule has 5 nitrogen and oxygen atoms in total. The van der Waals surface area contributed by atoms with Crippen LogP contribution in [-0.4, -0.2) is 38.1 Å². The minimum atomic E-state index is -0.438. The number of ether oxygens (including phenoxy) is 3. The predicted molar refractivity (Wildman–Crippen MR) is 105 cm³/mol. The highest BCUT2D eigenvalue weighted by Crippen LogP contribution is 2.24. The normalized spacial score (nSPS) is 13.4. The summed E-state index contributed by atoms with van der Waals surface area (Å²) in [5, 5.41) is 0. The molecule has 0 aliphatic heterocycles. The van der Waals surface area contributed by atoms with Crippen molar-refractivity contribution in [2.24, 2.45) is 0 Å². The fourth-order valence-corrected chi connectivity index (χ4v) is 2.49.